The number of aromatic amines is 1. The van der Waals surface area contributed by atoms with Crippen LogP contribution in [0.15, 0.2) is 73.1 Å². The van der Waals surface area contributed by atoms with E-state index >= 15 is 0 Å². The molecule has 0 unspecified atom stereocenters. The first-order chi connectivity index (χ1) is 12.2. The molecule has 2 N–H and O–H groups in total. The molecule has 0 spiro atoms. The van der Waals surface area contributed by atoms with E-state index in [1.54, 1.807) is 60.9 Å². The van der Waals surface area contributed by atoms with Crippen LogP contribution in [0.3, 0.4) is 0 Å². The molecule has 0 amide bonds. The molecule has 135 valence electrons. The average Bonchev–Trinajstić information content (AvgIpc) is 3.09. The van der Waals surface area contributed by atoms with E-state index in [1.165, 1.54) is 0 Å². The number of carbonyl (C=O) groups is 1. The van der Waals surface area contributed by atoms with Crippen LogP contribution in [0.2, 0.25) is 0 Å². The average molecular weight is 352 g/mol. The van der Waals surface area contributed by atoms with Crippen LogP contribution >= 0.6 is 0 Å². The molecule has 3 aromatic rings. The van der Waals surface area contributed by atoms with Gasteiger partial charge in [0.2, 0.25) is 0 Å². The van der Waals surface area contributed by atoms with Gasteiger partial charge in [-0.1, -0.05) is 36.4 Å². The highest BCUT2D eigenvalue weighted by Gasteiger charge is 2.06. The zero-order valence-electron chi connectivity index (χ0n) is 15.2. The van der Waals surface area contributed by atoms with Crippen LogP contribution in [0, 0.1) is 6.92 Å². The van der Waals surface area contributed by atoms with E-state index in [2.05, 4.69) is 15.3 Å². The van der Waals surface area contributed by atoms with Crippen molar-refractivity contribution in [2.75, 3.05) is 14.1 Å². The molecule has 0 fully saturated rings. The maximum Gasteiger partial charge on any atom is 0.519 e. The van der Waals surface area contributed by atoms with Gasteiger partial charge in [0.05, 0.1) is 0 Å². The minimum atomic E-state index is -0.739. The minimum Gasteiger partial charge on any atom is -0.395 e. The summed E-state index contributed by atoms with van der Waals surface area (Å²) in [5.41, 5.74) is 0. The second-order valence-corrected chi connectivity index (χ2v) is 4.75. The Kier molecular flexibility index (Phi) is 12.6. The molecule has 3 rings (SSSR count). The number of hydrogen-bond donors (Lipinski definition) is 2. The van der Waals surface area contributed by atoms with Crippen molar-refractivity contribution in [3.8, 4) is 11.5 Å². The third-order valence-corrected chi connectivity index (χ3v) is 2.52. The summed E-state index contributed by atoms with van der Waals surface area (Å²) in [5.74, 6) is 1.89. The maximum absolute atomic E-state index is 11.3. The Morgan fingerprint density at radius 1 is 0.923 bits per heavy atom. The molecule has 7 heteroatoms. The van der Waals surface area contributed by atoms with Crippen molar-refractivity contribution in [3.05, 3.63) is 78.9 Å². The van der Waals surface area contributed by atoms with E-state index in [1.807, 2.05) is 33.2 Å². The first-order valence-corrected chi connectivity index (χ1v) is 7.70. The summed E-state index contributed by atoms with van der Waals surface area (Å²) >= 11 is 0. The Hall–Kier alpha value is -3.06. The highest BCUT2D eigenvalue weighted by atomic mass is 16.7. The molecule has 1 heterocycles. The largest absolute Gasteiger partial charge is 0.519 e. The van der Waals surface area contributed by atoms with Crippen LogP contribution in [-0.4, -0.2) is 38.6 Å². The van der Waals surface area contributed by atoms with Gasteiger partial charge in [-0.05, 0) is 45.3 Å². The van der Waals surface area contributed by atoms with E-state index in [9.17, 15) is 4.79 Å². The maximum atomic E-state index is 11.3. The third kappa shape index (κ3) is 10.7. The van der Waals surface area contributed by atoms with Crippen LogP contribution in [0.25, 0.3) is 0 Å². The summed E-state index contributed by atoms with van der Waals surface area (Å²) in [6, 6.07) is 17.6. The molecule has 26 heavy (non-hydrogen) atoms. The van der Waals surface area contributed by atoms with E-state index in [0.29, 0.717) is 11.5 Å². The summed E-state index contributed by atoms with van der Waals surface area (Å²) in [5, 5.41) is 2.75. The number of carbonyl (C=O) groups excluding carboxylic acids is 1. The highest BCUT2D eigenvalue weighted by Crippen LogP contribution is 2.12. The van der Waals surface area contributed by atoms with E-state index in [4.69, 9.17) is 9.47 Å². The fraction of sp³-hybridized carbons (Fsp3) is 0.158. The predicted molar refractivity (Wildman–Crippen MR) is 104 cm³/mol. The van der Waals surface area contributed by atoms with Crippen molar-refractivity contribution >= 4 is 14.6 Å². The topological polar surface area (TPSA) is 76.2 Å². The van der Waals surface area contributed by atoms with Crippen LogP contribution < -0.4 is 14.8 Å². The van der Waals surface area contributed by atoms with Crippen molar-refractivity contribution in [2.24, 2.45) is 0 Å². The molecule has 3 radical (unpaired) electrons. The minimum absolute atomic E-state index is 0. The van der Waals surface area contributed by atoms with Gasteiger partial charge in [-0.2, -0.15) is 0 Å². The number of ether oxygens (including phenoxy) is 2. The van der Waals surface area contributed by atoms with E-state index in [0.717, 1.165) is 5.82 Å². The fourth-order valence-electron chi connectivity index (χ4n) is 1.53. The van der Waals surface area contributed by atoms with Crippen molar-refractivity contribution in [2.45, 2.75) is 6.92 Å². The predicted octanol–water partition coefficient (Wildman–Crippen LogP) is 3.44. The second kappa shape index (κ2) is 14.3. The van der Waals surface area contributed by atoms with Gasteiger partial charge >= 0.3 is 6.16 Å². The smallest absolute Gasteiger partial charge is 0.395 e. The molecule has 0 atom stereocenters. The zero-order valence-corrected chi connectivity index (χ0v) is 15.2. The molecule has 0 bridgehead atoms. The van der Waals surface area contributed by atoms with Gasteiger partial charge in [0, 0.05) is 20.8 Å². The standard InChI is InChI=1S/C13H10O3.C4H6N2.C2H7N.B/c14-13(15-11-7-3-1-4-8-11)16-12-9-5-2-6-10-12;1-4-5-2-3-6-4;1-3-2;/h1-10H;2-3H,1H3,(H,5,6);3H,1-2H3;. The molecular weight excluding hydrogens is 329 g/mol. The van der Waals surface area contributed by atoms with Gasteiger partial charge in [-0.25, -0.2) is 9.78 Å². The first kappa shape index (κ1) is 22.9. The van der Waals surface area contributed by atoms with Crippen LogP contribution in [0.4, 0.5) is 4.79 Å². The number of imidazole rings is 1. The Labute approximate surface area is 156 Å². The number of nitrogens with one attached hydrogen (secondary N) is 2. The Bertz CT molecular complexity index is 649. The molecule has 0 aliphatic heterocycles. The number of nitrogens with zero attached hydrogens (tertiary/aromatic N) is 1. The molecule has 0 saturated heterocycles. The van der Waals surface area contributed by atoms with Gasteiger partial charge in [-0.15, -0.1) is 0 Å². The van der Waals surface area contributed by atoms with Gasteiger partial charge in [0.25, 0.3) is 0 Å². The number of H-pyrrole nitrogens is 1. The van der Waals surface area contributed by atoms with Crippen LogP contribution in [0.1, 0.15) is 5.82 Å². The molecule has 0 aliphatic rings. The highest BCUT2D eigenvalue weighted by molar-refractivity contribution is 5.75. The lowest BCUT2D eigenvalue weighted by Crippen LogP contribution is -2.13. The summed E-state index contributed by atoms with van der Waals surface area (Å²) in [6.07, 6.45) is 2.79. The monoisotopic (exact) mass is 352 g/mol. The molecular formula is C19H23BN3O3. The SMILES string of the molecule is CNC.Cc1ncc[nH]1.O=C(Oc1ccccc1)Oc1ccccc1.[B]. The Balaban J connectivity index is 0.000000522. The quantitative estimate of drug-likeness (QED) is 0.420. The van der Waals surface area contributed by atoms with Gasteiger partial charge in [-0.3, -0.25) is 0 Å². The lowest BCUT2D eigenvalue weighted by Gasteiger charge is -2.04. The molecule has 0 aliphatic carbocycles. The lowest BCUT2D eigenvalue weighted by atomic mass is 10.3. The van der Waals surface area contributed by atoms with Crippen molar-refractivity contribution in [1.82, 2.24) is 15.3 Å². The summed E-state index contributed by atoms with van der Waals surface area (Å²) in [4.78, 5) is 18.1. The lowest BCUT2D eigenvalue weighted by molar-refractivity contribution is 0.152. The summed E-state index contributed by atoms with van der Waals surface area (Å²) in [6.45, 7) is 1.92. The fourth-order valence-corrected chi connectivity index (χ4v) is 1.53. The number of aromatic nitrogens is 2. The van der Waals surface area contributed by atoms with Crippen molar-refractivity contribution in [1.29, 1.82) is 0 Å². The number of para-hydroxylation sites is 2. The number of aryl methyl sites for hydroxylation is 1. The summed E-state index contributed by atoms with van der Waals surface area (Å²) in [7, 11) is 3.75. The zero-order chi connectivity index (χ0) is 18.3. The van der Waals surface area contributed by atoms with Crippen molar-refractivity contribution in [3.63, 3.8) is 0 Å². The van der Waals surface area contributed by atoms with Crippen LogP contribution in [0.5, 0.6) is 11.5 Å². The van der Waals surface area contributed by atoms with Gasteiger partial charge < -0.3 is 19.8 Å². The Morgan fingerprint density at radius 2 is 1.35 bits per heavy atom. The third-order valence-electron chi connectivity index (χ3n) is 2.52. The normalized spacial score (nSPS) is 8.58. The Morgan fingerprint density at radius 3 is 1.62 bits per heavy atom. The van der Waals surface area contributed by atoms with Crippen molar-refractivity contribution < 1.29 is 14.3 Å². The first-order valence-electron chi connectivity index (χ1n) is 7.70. The molecule has 1 aromatic heterocycles. The van der Waals surface area contributed by atoms with Gasteiger partial charge in [0.15, 0.2) is 0 Å². The number of rotatable bonds is 2. The second-order valence-electron chi connectivity index (χ2n) is 4.75. The molecule has 2 aromatic carbocycles. The number of benzene rings is 2. The molecule has 6 nitrogen and oxygen atoms in total. The van der Waals surface area contributed by atoms with E-state index < -0.39 is 6.16 Å². The van der Waals surface area contributed by atoms with Gasteiger partial charge in [0.1, 0.15) is 17.3 Å². The summed E-state index contributed by atoms with van der Waals surface area (Å²) < 4.78 is 9.91. The van der Waals surface area contributed by atoms with E-state index in [-0.39, 0.29) is 8.41 Å². The van der Waals surface area contributed by atoms with Crippen LogP contribution in [-0.2, 0) is 0 Å². The number of hydrogen-bond acceptors (Lipinski definition) is 5. The molecule has 0 saturated carbocycles.